The van der Waals surface area contributed by atoms with Crippen LogP contribution in [0.5, 0.6) is 23.0 Å². The van der Waals surface area contributed by atoms with Gasteiger partial charge < -0.3 is 24.3 Å². The van der Waals surface area contributed by atoms with Crippen molar-refractivity contribution in [2.75, 3.05) is 37.5 Å². The number of rotatable bonds is 6. The lowest BCUT2D eigenvalue weighted by Gasteiger charge is -2.15. The molecule has 0 radical (unpaired) electrons. The fourth-order valence-electron chi connectivity index (χ4n) is 3.91. The molecule has 5 rings (SSSR count). The molecule has 3 heterocycles. The van der Waals surface area contributed by atoms with Gasteiger partial charge in [0.15, 0.2) is 34.0 Å². The van der Waals surface area contributed by atoms with Gasteiger partial charge in [0.05, 0.1) is 32.2 Å². The molecule has 35 heavy (non-hydrogen) atoms. The van der Waals surface area contributed by atoms with Crippen molar-refractivity contribution < 1.29 is 23.7 Å². The minimum absolute atomic E-state index is 0.100. The van der Waals surface area contributed by atoms with Crippen molar-refractivity contribution in [3.63, 3.8) is 0 Å². The molecule has 0 saturated carbocycles. The molecule has 1 aromatic heterocycles. The van der Waals surface area contributed by atoms with Crippen molar-refractivity contribution in [3.8, 4) is 34.4 Å². The van der Waals surface area contributed by atoms with Crippen LogP contribution in [0.2, 0.25) is 0 Å². The molecule has 2 aliphatic rings. The van der Waals surface area contributed by atoms with Crippen LogP contribution in [0.1, 0.15) is 32.7 Å². The molecule has 0 aliphatic carbocycles. The fraction of sp³-hybridized carbons (Fsp3) is 0.400. The molecule has 9 nitrogen and oxygen atoms in total. The number of hydrogen-bond acceptors (Lipinski definition) is 8. The maximum absolute atomic E-state index is 12.7. The van der Waals surface area contributed by atoms with Gasteiger partial charge in [-0.25, -0.2) is 0 Å². The summed E-state index contributed by atoms with van der Waals surface area (Å²) in [6, 6.07) is 11.3. The molecule has 3 aromatic rings. The van der Waals surface area contributed by atoms with Gasteiger partial charge in [0.2, 0.25) is 5.91 Å². The van der Waals surface area contributed by atoms with Gasteiger partial charge in [-0.1, -0.05) is 11.8 Å². The molecule has 0 spiro atoms. The first-order chi connectivity index (χ1) is 17.1. The number of anilines is 1. The van der Waals surface area contributed by atoms with Crippen molar-refractivity contribution in [2.45, 2.75) is 37.9 Å². The minimum Gasteiger partial charge on any atom is -0.490 e. The van der Waals surface area contributed by atoms with Crippen molar-refractivity contribution in [2.24, 2.45) is 0 Å². The summed E-state index contributed by atoms with van der Waals surface area (Å²) < 4.78 is 25.0. The molecule has 0 saturated heterocycles. The fourth-order valence-corrected chi connectivity index (χ4v) is 4.78. The monoisotopic (exact) mass is 496 g/mol. The van der Waals surface area contributed by atoms with E-state index in [2.05, 4.69) is 29.4 Å². The van der Waals surface area contributed by atoms with Gasteiger partial charge in [-0.05, 0) is 44.2 Å². The zero-order chi connectivity index (χ0) is 24.2. The largest absolute Gasteiger partial charge is 0.490 e. The number of amides is 1. The molecule has 184 valence electrons. The Morgan fingerprint density at radius 2 is 1.54 bits per heavy atom. The van der Waals surface area contributed by atoms with Crippen molar-refractivity contribution in [3.05, 3.63) is 36.4 Å². The van der Waals surface area contributed by atoms with E-state index >= 15 is 0 Å². The predicted molar refractivity (Wildman–Crippen MR) is 133 cm³/mol. The molecule has 0 bridgehead atoms. The number of nitrogens with one attached hydrogen (secondary N) is 1. The number of nitrogens with zero attached hydrogens (tertiary/aromatic N) is 3. The Hall–Kier alpha value is -3.40. The van der Waals surface area contributed by atoms with Crippen molar-refractivity contribution in [1.29, 1.82) is 0 Å². The van der Waals surface area contributed by atoms with E-state index in [0.29, 0.717) is 54.5 Å². The van der Waals surface area contributed by atoms with E-state index in [1.165, 1.54) is 11.8 Å². The summed E-state index contributed by atoms with van der Waals surface area (Å²) in [5.74, 6) is 3.57. The van der Waals surface area contributed by atoms with Crippen molar-refractivity contribution in [1.82, 2.24) is 14.8 Å². The van der Waals surface area contributed by atoms with Crippen molar-refractivity contribution >= 4 is 23.4 Å². The Morgan fingerprint density at radius 1 is 0.914 bits per heavy atom. The van der Waals surface area contributed by atoms with Gasteiger partial charge in [0.1, 0.15) is 0 Å². The zero-order valence-electron chi connectivity index (χ0n) is 19.8. The standard InChI is InChI=1S/C25H28N4O5S/c1-16(2)29-24(17-5-7-19-21(13-17)33-11-3-9-31-19)27-28-25(29)35-15-23(30)26-18-6-8-20-22(14-18)34-12-4-10-32-20/h5-8,13-14,16H,3-4,9-12,15H2,1-2H3,(H,26,30). The van der Waals surface area contributed by atoms with E-state index in [4.69, 9.17) is 18.9 Å². The number of carbonyl (C=O) groups is 1. The molecule has 0 fully saturated rings. The second-order valence-corrected chi connectivity index (χ2v) is 9.47. The summed E-state index contributed by atoms with van der Waals surface area (Å²) in [6.45, 7) is 6.61. The summed E-state index contributed by atoms with van der Waals surface area (Å²) >= 11 is 1.35. The molecule has 0 atom stereocenters. The predicted octanol–water partition coefficient (Wildman–Crippen LogP) is 4.58. The lowest BCUT2D eigenvalue weighted by molar-refractivity contribution is -0.113. The third-order valence-electron chi connectivity index (χ3n) is 5.55. The van der Waals surface area contributed by atoms with E-state index in [9.17, 15) is 4.79 Å². The maximum Gasteiger partial charge on any atom is 0.234 e. The summed E-state index contributed by atoms with van der Waals surface area (Å²) in [5, 5.41) is 12.4. The summed E-state index contributed by atoms with van der Waals surface area (Å²) in [6.07, 6.45) is 1.68. The number of thioether (sulfide) groups is 1. The van der Waals surface area contributed by atoms with Crippen LogP contribution in [0.4, 0.5) is 5.69 Å². The Labute approximate surface area is 208 Å². The number of benzene rings is 2. The second kappa shape index (κ2) is 10.5. The number of carbonyl (C=O) groups excluding carboxylic acids is 1. The second-order valence-electron chi connectivity index (χ2n) is 8.53. The first-order valence-electron chi connectivity index (χ1n) is 11.8. The first kappa shape index (κ1) is 23.3. The molecule has 2 aromatic carbocycles. The normalized spacial score (nSPS) is 14.8. The zero-order valence-corrected chi connectivity index (χ0v) is 20.6. The quantitative estimate of drug-likeness (QED) is 0.496. The third-order valence-corrected chi connectivity index (χ3v) is 6.49. The molecular weight excluding hydrogens is 468 g/mol. The van der Waals surface area contributed by atoms with Crippen LogP contribution in [0.15, 0.2) is 41.6 Å². The number of ether oxygens (including phenoxy) is 4. The first-order valence-corrected chi connectivity index (χ1v) is 12.7. The lowest BCUT2D eigenvalue weighted by Crippen LogP contribution is -2.15. The number of fused-ring (bicyclic) bond motifs is 2. The summed E-state index contributed by atoms with van der Waals surface area (Å²) in [7, 11) is 0. The van der Waals surface area contributed by atoms with E-state index in [0.717, 1.165) is 30.0 Å². The van der Waals surface area contributed by atoms with E-state index in [1.54, 1.807) is 6.07 Å². The van der Waals surface area contributed by atoms with Crippen LogP contribution < -0.4 is 24.3 Å². The molecule has 2 aliphatic heterocycles. The number of hydrogen-bond donors (Lipinski definition) is 1. The van der Waals surface area contributed by atoms with Gasteiger partial charge in [-0.15, -0.1) is 10.2 Å². The molecule has 10 heteroatoms. The van der Waals surface area contributed by atoms with E-state index in [1.807, 2.05) is 34.9 Å². The van der Waals surface area contributed by atoms with Crippen LogP contribution in [0, 0.1) is 0 Å². The molecule has 1 amide bonds. The van der Waals surface area contributed by atoms with Crippen LogP contribution >= 0.6 is 11.8 Å². The summed E-state index contributed by atoms with van der Waals surface area (Å²) in [5.41, 5.74) is 1.55. The van der Waals surface area contributed by atoms with Gasteiger partial charge in [0.25, 0.3) is 0 Å². The van der Waals surface area contributed by atoms with Crippen LogP contribution in [-0.2, 0) is 4.79 Å². The van der Waals surface area contributed by atoms with Gasteiger partial charge in [0, 0.05) is 36.2 Å². The van der Waals surface area contributed by atoms with Crippen LogP contribution in [-0.4, -0.2) is 52.9 Å². The summed E-state index contributed by atoms with van der Waals surface area (Å²) in [4.78, 5) is 12.7. The smallest absolute Gasteiger partial charge is 0.234 e. The highest BCUT2D eigenvalue weighted by Gasteiger charge is 2.20. The number of aromatic nitrogens is 3. The third kappa shape index (κ3) is 5.32. The average molecular weight is 497 g/mol. The Balaban J connectivity index is 1.28. The van der Waals surface area contributed by atoms with Gasteiger partial charge in [-0.3, -0.25) is 9.36 Å². The highest BCUT2D eigenvalue weighted by Crippen LogP contribution is 2.36. The highest BCUT2D eigenvalue weighted by molar-refractivity contribution is 7.99. The minimum atomic E-state index is -0.139. The molecule has 0 unspecified atom stereocenters. The lowest BCUT2D eigenvalue weighted by atomic mass is 10.2. The molecule has 1 N–H and O–H groups in total. The van der Waals surface area contributed by atoms with Crippen LogP contribution in [0.25, 0.3) is 11.4 Å². The topological polar surface area (TPSA) is 96.7 Å². The van der Waals surface area contributed by atoms with Gasteiger partial charge >= 0.3 is 0 Å². The van der Waals surface area contributed by atoms with Gasteiger partial charge in [-0.2, -0.15) is 0 Å². The highest BCUT2D eigenvalue weighted by atomic mass is 32.2. The Morgan fingerprint density at radius 3 is 2.23 bits per heavy atom. The Bertz CT molecular complexity index is 1210. The maximum atomic E-state index is 12.7. The Kier molecular flexibility index (Phi) is 6.98. The van der Waals surface area contributed by atoms with Crippen LogP contribution in [0.3, 0.4) is 0 Å². The SMILES string of the molecule is CC(C)n1c(SCC(=O)Nc2ccc3c(c2)OCCCO3)nnc1-c1ccc2c(c1)OCCCO2. The van der Waals surface area contributed by atoms with E-state index < -0.39 is 0 Å². The molecular formula is C25H28N4O5S. The average Bonchev–Trinajstić information content (AvgIpc) is 2.98. The van der Waals surface area contributed by atoms with E-state index in [-0.39, 0.29) is 17.7 Å².